The van der Waals surface area contributed by atoms with E-state index in [-0.39, 0.29) is 18.3 Å². The Morgan fingerprint density at radius 2 is 1.95 bits per heavy atom. The fraction of sp³-hybridized carbons (Fsp3) is 0.588. The van der Waals surface area contributed by atoms with Crippen molar-refractivity contribution >= 4 is 18.3 Å². The number of rotatable bonds is 4. The molecule has 1 saturated carbocycles. The van der Waals surface area contributed by atoms with Crippen molar-refractivity contribution in [3.05, 3.63) is 34.9 Å². The molecular weight excluding hydrogens is 284 g/mol. The molecule has 2 aliphatic rings. The maximum Gasteiger partial charge on any atom is 0.251 e. The first-order valence-electron chi connectivity index (χ1n) is 7.84. The van der Waals surface area contributed by atoms with Crippen LogP contribution in [0.4, 0.5) is 0 Å². The summed E-state index contributed by atoms with van der Waals surface area (Å²) in [5.41, 5.74) is 3.40. The lowest BCUT2D eigenvalue weighted by atomic mass is 9.86. The van der Waals surface area contributed by atoms with E-state index >= 15 is 0 Å². The summed E-state index contributed by atoms with van der Waals surface area (Å²) in [5.74, 6) is 1.43. The summed E-state index contributed by atoms with van der Waals surface area (Å²) < 4.78 is 0. The van der Waals surface area contributed by atoms with E-state index in [1.165, 1.54) is 36.8 Å². The van der Waals surface area contributed by atoms with Crippen molar-refractivity contribution < 1.29 is 4.79 Å². The molecule has 0 bridgehead atoms. The van der Waals surface area contributed by atoms with E-state index in [9.17, 15) is 4.79 Å². The summed E-state index contributed by atoms with van der Waals surface area (Å²) in [6, 6.07) is 6.20. The van der Waals surface area contributed by atoms with Crippen LogP contribution in [-0.2, 0) is 0 Å². The fourth-order valence-electron chi connectivity index (χ4n) is 3.13. The molecule has 1 aliphatic heterocycles. The van der Waals surface area contributed by atoms with Crippen molar-refractivity contribution in [2.75, 3.05) is 19.6 Å². The molecule has 1 amide bonds. The fourth-order valence-corrected chi connectivity index (χ4v) is 3.13. The minimum atomic E-state index is 0. The second-order valence-corrected chi connectivity index (χ2v) is 6.20. The molecule has 3 nitrogen and oxygen atoms in total. The van der Waals surface area contributed by atoms with Gasteiger partial charge in [-0.05, 0) is 74.7 Å². The number of hydrogen-bond donors (Lipinski definition) is 2. The molecule has 1 aromatic carbocycles. The lowest BCUT2D eigenvalue weighted by molar-refractivity contribution is 0.0951. The molecule has 2 fully saturated rings. The van der Waals surface area contributed by atoms with E-state index in [4.69, 9.17) is 0 Å². The third-order valence-corrected chi connectivity index (χ3v) is 4.65. The normalized spacial score (nSPS) is 18.9. The molecule has 21 heavy (non-hydrogen) atoms. The van der Waals surface area contributed by atoms with Crippen LogP contribution in [0, 0.1) is 12.8 Å². The van der Waals surface area contributed by atoms with E-state index in [2.05, 4.69) is 23.6 Å². The van der Waals surface area contributed by atoms with E-state index in [1.54, 1.807) is 0 Å². The average molecular weight is 309 g/mol. The maximum atomic E-state index is 12.3. The third-order valence-electron chi connectivity index (χ3n) is 4.65. The molecule has 0 aromatic heterocycles. The Labute approximate surface area is 133 Å². The first-order valence-corrected chi connectivity index (χ1v) is 7.84. The second-order valence-electron chi connectivity index (χ2n) is 6.20. The van der Waals surface area contributed by atoms with Crippen LogP contribution >= 0.6 is 12.4 Å². The first-order chi connectivity index (χ1) is 9.75. The van der Waals surface area contributed by atoms with Gasteiger partial charge in [0.05, 0.1) is 0 Å². The molecule has 116 valence electrons. The zero-order chi connectivity index (χ0) is 13.9. The van der Waals surface area contributed by atoms with Crippen molar-refractivity contribution in [3.63, 3.8) is 0 Å². The Balaban J connectivity index is 0.00000161. The Morgan fingerprint density at radius 1 is 1.24 bits per heavy atom. The van der Waals surface area contributed by atoms with Crippen molar-refractivity contribution in [2.45, 2.75) is 38.5 Å². The molecule has 2 N–H and O–H groups in total. The van der Waals surface area contributed by atoms with E-state index in [0.29, 0.717) is 5.92 Å². The first kappa shape index (κ1) is 16.3. The summed E-state index contributed by atoms with van der Waals surface area (Å²) >= 11 is 0. The second kappa shape index (κ2) is 7.28. The SMILES string of the molecule is Cc1c(C(=O)NCC2CC2)cccc1C1CCNCC1.Cl. The quantitative estimate of drug-likeness (QED) is 0.897. The van der Waals surface area contributed by atoms with Crippen LogP contribution in [0.5, 0.6) is 0 Å². The molecule has 1 aliphatic carbocycles. The number of hydrogen-bond acceptors (Lipinski definition) is 2. The van der Waals surface area contributed by atoms with Gasteiger partial charge in [-0.25, -0.2) is 0 Å². The highest BCUT2D eigenvalue weighted by atomic mass is 35.5. The highest BCUT2D eigenvalue weighted by Gasteiger charge is 2.23. The van der Waals surface area contributed by atoms with Crippen LogP contribution in [0.25, 0.3) is 0 Å². The molecular formula is C17H25ClN2O. The predicted molar refractivity (Wildman–Crippen MR) is 88.3 cm³/mol. The van der Waals surface area contributed by atoms with Gasteiger partial charge in [0.1, 0.15) is 0 Å². The van der Waals surface area contributed by atoms with Gasteiger partial charge in [-0.15, -0.1) is 12.4 Å². The Kier molecular flexibility index (Phi) is 5.65. The lowest BCUT2D eigenvalue weighted by Gasteiger charge is -2.25. The molecule has 3 rings (SSSR count). The monoisotopic (exact) mass is 308 g/mol. The molecule has 0 atom stereocenters. The average Bonchev–Trinajstić information content (AvgIpc) is 3.30. The van der Waals surface area contributed by atoms with E-state index in [0.717, 1.165) is 31.1 Å². The summed E-state index contributed by atoms with van der Waals surface area (Å²) in [6.45, 7) is 5.11. The predicted octanol–water partition coefficient (Wildman–Crippen LogP) is 3.02. The van der Waals surface area contributed by atoms with Crippen LogP contribution in [0.15, 0.2) is 18.2 Å². The molecule has 1 saturated heterocycles. The molecule has 0 spiro atoms. The summed E-state index contributed by atoms with van der Waals surface area (Å²) in [6.07, 6.45) is 4.89. The highest BCUT2D eigenvalue weighted by Crippen LogP contribution is 2.30. The molecule has 1 aromatic rings. The van der Waals surface area contributed by atoms with Crippen LogP contribution in [0.2, 0.25) is 0 Å². The smallest absolute Gasteiger partial charge is 0.251 e. The lowest BCUT2D eigenvalue weighted by Crippen LogP contribution is -2.28. The van der Waals surface area contributed by atoms with E-state index < -0.39 is 0 Å². The number of benzene rings is 1. The summed E-state index contributed by atoms with van der Waals surface area (Å²) in [7, 11) is 0. The number of piperidine rings is 1. The molecule has 0 radical (unpaired) electrons. The van der Waals surface area contributed by atoms with Crippen LogP contribution in [0.3, 0.4) is 0 Å². The van der Waals surface area contributed by atoms with E-state index in [1.807, 2.05) is 12.1 Å². The van der Waals surface area contributed by atoms with Gasteiger partial charge in [0, 0.05) is 12.1 Å². The number of amides is 1. The van der Waals surface area contributed by atoms with Gasteiger partial charge in [0.15, 0.2) is 0 Å². The minimum Gasteiger partial charge on any atom is -0.352 e. The molecule has 0 unspecified atom stereocenters. The van der Waals surface area contributed by atoms with Gasteiger partial charge in [-0.3, -0.25) is 4.79 Å². The van der Waals surface area contributed by atoms with Gasteiger partial charge in [0.2, 0.25) is 0 Å². The largest absolute Gasteiger partial charge is 0.352 e. The zero-order valence-electron chi connectivity index (χ0n) is 12.7. The Bertz CT molecular complexity index is 494. The highest BCUT2D eigenvalue weighted by molar-refractivity contribution is 5.96. The van der Waals surface area contributed by atoms with Crippen LogP contribution in [-0.4, -0.2) is 25.5 Å². The topological polar surface area (TPSA) is 41.1 Å². The Hall–Kier alpha value is -1.06. The zero-order valence-corrected chi connectivity index (χ0v) is 13.5. The molecule has 4 heteroatoms. The van der Waals surface area contributed by atoms with Crippen LogP contribution in [0.1, 0.15) is 53.1 Å². The number of carbonyl (C=O) groups excluding carboxylic acids is 1. The number of nitrogens with one attached hydrogen (secondary N) is 2. The minimum absolute atomic E-state index is 0. The number of carbonyl (C=O) groups is 1. The van der Waals surface area contributed by atoms with Crippen molar-refractivity contribution in [1.29, 1.82) is 0 Å². The summed E-state index contributed by atoms with van der Waals surface area (Å²) in [4.78, 5) is 12.3. The Morgan fingerprint density at radius 3 is 2.62 bits per heavy atom. The third kappa shape index (κ3) is 3.98. The van der Waals surface area contributed by atoms with Gasteiger partial charge < -0.3 is 10.6 Å². The van der Waals surface area contributed by atoms with Crippen molar-refractivity contribution in [1.82, 2.24) is 10.6 Å². The van der Waals surface area contributed by atoms with Gasteiger partial charge >= 0.3 is 0 Å². The molecule has 1 heterocycles. The van der Waals surface area contributed by atoms with Crippen molar-refractivity contribution in [2.24, 2.45) is 5.92 Å². The standard InChI is InChI=1S/C17H24N2O.ClH/c1-12-15(14-7-9-18-10-8-14)3-2-4-16(12)17(20)19-11-13-5-6-13;/h2-4,13-14,18H,5-11H2,1H3,(H,19,20);1H. The van der Waals surface area contributed by atoms with Gasteiger partial charge in [-0.2, -0.15) is 0 Å². The van der Waals surface area contributed by atoms with Gasteiger partial charge in [0.25, 0.3) is 5.91 Å². The van der Waals surface area contributed by atoms with Gasteiger partial charge in [-0.1, -0.05) is 12.1 Å². The van der Waals surface area contributed by atoms with Crippen molar-refractivity contribution in [3.8, 4) is 0 Å². The summed E-state index contributed by atoms with van der Waals surface area (Å²) in [5, 5.41) is 6.48. The van der Waals surface area contributed by atoms with Crippen LogP contribution < -0.4 is 10.6 Å². The number of halogens is 1. The maximum absolute atomic E-state index is 12.3.